The molecule has 2 aliphatic rings. The van der Waals surface area contributed by atoms with Crippen molar-refractivity contribution in [3.63, 3.8) is 0 Å². The first-order valence-electron chi connectivity index (χ1n) is 7.37. The number of nitrogens with zero attached hydrogens (tertiary/aromatic N) is 3. The number of carbonyl (C=O) groups is 2. The molecule has 0 aromatic carbocycles. The van der Waals surface area contributed by atoms with E-state index in [1.165, 1.54) is 39.8 Å². The van der Waals surface area contributed by atoms with Crippen molar-refractivity contribution in [2.75, 3.05) is 5.08 Å². The van der Waals surface area contributed by atoms with Gasteiger partial charge in [0.1, 0.15) is 10.7 Å². The average Bonchev–Trinajstić information content (AvgIpc) is 3.00. The monoisotopic (exact) mass is 387 g/mol. The lowest BCUT2D eigenvalue weighted by Crippen LogP contribution is -2.63. The van der Waals surface area contributed by atoms with Crippen LogP contribution in [0.25, 0.3) is 0 Å². The van der Waals surface area contributed by atoms with Gasteiger partial charge in [0.05, 0.1) is 23.1 Å². The number of carboxylic acids is 1. The number of hydrogen-bond donors (Lipinski definition) is 2. The highest BCUT2D eigenvalue weighted by Crippen LogP contribution is 2.51. The fraction of sp³-hybridized carbons (Fsp3) is 0.571. The normalized spacial score (nSPS) is 27.2. The first-order valence-corrected chi connectivity index (χ1v) is 10.2. The van der Waals surface area contributed by atoms with Gasteiger partial charge in [-0.2, -0.15) is 0 Å². The molecule has 1 aromatic heterocycles. The van der Waals surface area contributed by atoms with Gasteiger partial charge in [0.15, 0.2) is 4.34 Å². The Morgan fingerprint density at radius 2 is 2.12 bits per heavy atom. The van der Waals surface area contributed by atoms with Gasteiger partial charge in [0.25, 0.3) is 0 Å². The van der Waals surface area contributed by atoms with E-state index in [1.54, 1.807) is 6.92 Å². The first-order chi connectivity index (χ1) is 11.3. The molecule has 0 unspecified atom stereocenters. The van der Waals surface area contributed by atoms with Gasteiger partial charge in [-0.15, -0.1) is 22.0 Å². The quantitative estimate of drug-likeness (QED) is 0.432. The van der Waals surface area contributed by atoms with E-state index in [-0.39, 0.29) is 23.6 Å². The number of carboxylic acid groups (broad SMARTS) is 1. The van der Waals surface area contributed by atoms with Gasteiger partial charge in [-0.05, 0) is 13.8 Å². The third-order valence-corrected chi connectivity index (χ3v) is 7.60. The molecule has 130 valence electrons. The van der Waals surface area contributed by atoms with Crippen LogP contribution in [0.3, 0.4) is 0 Å². The Balaban J connectivity index is 1.75. The molecule has 0 spiro atoms. The van der Waals surface area contributed by atoms with E-state index >= 15 is 0 Å². The molecule has 3 heterocycles. The summed E-state index contributed by atoms with van der Waals surface area (Å²) in [6.45, 7) is 5.37. The molecule has 0 aliphatic carbocycles. The molecule has 24 heavy (non-hydrogen) atoms. The van der Waals surface area contributed by atoms with Crippen molar-refractivity contribution in [3.05, 3.63) is 15.6 Å². The highest BCUT2D eigenvalue weighted by atomic mass is 32.2. The zero-order valence-electron chi connectivity index (χ0n) is 13.3. The van der Waals surface area contributed by atoms with Gasteiger partial charge in [0, 0.05) is 10.8 Å². The highest BCUT2D eigenvalue weighted by Gasteiger charge is 2.59. The highest BCUT2D eigenvalue weighted by molar-refractivity contribution is 8.18. The van der Waals surface area contributed by atoms with Crippen molar-refractivity contribution in [3.8, 4) is 0 Å². The minimum absolute atomic E-state index is 0.0634. The lowest BCUT2D eigenvalue weighted by molar-refractivity contribution is -0.163. The number of aliphatic hydroxyl groups is 1. The smallest absolute Gasteiger partial charge is 0.353 e. The molecule has 2 N–H and O–H groups in total. The van der Waals surface area contributed by atoms with Crippen LogP contribution in [-0.2, 0) is 9.59 Å². The Hall–Kier alpha value is -1.10. The first kappa shape index (κ1) is 17.7. The van der Waals surface area contributed by atoms with Crippen LogP contribution in [0.4, 0.5) is 0 Å². The number of β-lactam (4-membered cyclic amide) rings is 1. The van der Waals surface area contributed by atoms with Gasteiger partial charge in [-0.1, -0.05) is 30.0 Å². The number of aromatic nitrogens is 2. The average molecular weight is 388 g/mol. The second-order valence-electron chi connectivity index (χ2n) is 5.77. The molecule has 2 aliphatic heterocycles. The Labute approximate surface area is 151 Å². The van der Waals surface area contributed by atoms with Crippen LogP contribution in [0.1, 0.15) is 18.9 Å². The molecule has 1 fully saturated rings. The number of thioether (sulfide) groups is 2. The van der Waals surface area contributed by atoms with Crippen LogP contribution in [0.15, 0.2) is 14.9 Å². The van der Waals surface area contributed by atoms with Crippen molar-refractivity contribution < 1.29 is 19.8 Å². The minimum atomic E-state index is -1.10. The van der Waals surface area contributed by atoms with Crippen molar-refractivity contribution in [2.45, 2.75) is 37.3 Å². The molecule has 7 nitrogen and oxygen atoms in total. The summed E-state index contributed by atoms with van der Waals surface area (Å²) in [5, 5.41) is 28.8. The SMILES string of the molecule is Cc1nnc(SCSC2=C(C(=O)O)N3C(=O)[C@H]([C@@H](C)O)[C@H]3[C@H]2C)s1. The van der Waals surface area contributed by atoms with Crippen LogP contribution >= 0.6 is 34.9 Å². The number of rotatable bonds is 6. The molecule has 3 rings (SSSR count). The molecule has 10 heteroatoms. The predicted molar refractivity (Wildman–Crippen MR) is 92.6 cm³/mol. The Morgan fingerprint density at radius 3 is 2.67 bits per heavy atom. The van der Waals surface area contributed by atoms with Crippen molar-refractivity contribution in [1.29, 1.82) is 0 Å². The van der Waals surface area contributed by atoms with Gasteiger partial charge < -0.3 is 15.1 Å². The molecule has 1 amide bonds. The van der Waals surface area contributed by atoms with Gasteiger partial charge >= 0.3 is 5.97 Å². The van der Waals surface area contributed by atoms with Crippen molar-refractivity contribution >= 4 is 46.7 Å². The number of hydrogen-bond acceptors (Lipinski definition) is 8. The summed E-state index contributed by atoms with van der Waals surface area (Å²) in [4.78, 5) is 25.9. The topological polar surface area (TPSA) is 104 Å². The summed E-state index contributed by atoms with van der Waals surface area (Å²) in [5.41, 5.74) is 0.0634. The van der Waals surface area contributed by atoms with Crippen LogP contribution in [0, 0.1) is 18.8 Å². The summed E-state index contributed by atoms with van der Waals surface area (Å²) in [6.07, 6.45) is -0.778. The summed E-state index contributed by atoms with van der Waals surface area (Å²) >= 11 is 4.42. The van der Waals surface area contributed by atoms with E-state index in [9.17, 15) is 19.8 Å². The molecule has 4 atom stereocenters. The van der Waals surface area contributed by atoms with Crippen LogP contribution in [0.2, 0.25) is 0 Å². The second-order valence-corrected chi connectivity index (χ2v) is 9.55. The number of aliphatic hydroxyl groups excluding tert-OH is 1. The Bertz CT molecular complexity index is 718. The van der Waals surface area contributed by atoms with Crippen molar-refractivity contribution in [2.24, 2.45) is 11.8 Å². The standard InChI is InChI=1S/C14H17N3O4S3/c1-5-9-8(6(2)18)12(19)17(9)10(13(20)21)11(5)22-4-23-14-16-15-7(3)24-14/h5-6,8-9,18H,4H2,1-3H3,(H,20,21)/t5-,6-,8-,9-/m1/s1. The molecule has 0 saturated carbocycles. The maximum atomic E-state index is 12.2. The summed E-state index contributed by atoms with van der Waals surface area (Å²) in [6, 6.07) is -0.264. The number of amides is 1. The van der Waals surface area contributed by atoms with E-state index in [4.69, 9.17) is 0 Å². The number of carbonyl (C=O) groups excluding carboxylic acids is 1. The summed E-state index contributed by atoms with van der Waals surface area (Å²) < 4.78 is 0.837. The van der Waals surface area contributed by atoms with E-state index in [0.717, 1.165) is 9.35 Å². The molecule has 0 radical (unpaired) electrons. The van der Waals surface area contributed by atoms with Gasteiger partial charge in [-0.25, -0.2) is 4.79 Å². The maximum absolute atomic E-state index is 12.2. The summed E-state index contributed by atoms with van der Waals surface area (Å²) in [7, 11) is 0. The minimum Gasteiger partial charge on any atom is -0.477 e. The summed E-state index contributed by atoms with van der Waals surface area (Å²) in [5.74, 6) is -2.02. The third-order valence-electron chi connectivity index (χ3n) is 4.22. The Morgan fingerprint density at radius 1 is 1.42 bits per heavy atom. The van der Waals surface area contributed by atoms with Crippen LogP contribution in [0.5, 0.6) is 0 Å². The number of aryl methyl sites for hydroxylation is 1. The molecular formula is C14H17N3O4S3. The Kier molecular flexibility index (Phi) is 4.92. The van der Waals surface area contributed by atoms with E-state index in [2.05, 4.69) is 10.2 Å². The lowest BCUT2D eigenvalue weighted by Gasteiger charge is -2.46. The second kappa shape index (κ2) is 6.66. The number of aliphatic carboxylic acids is 1. The zero-order chi connectivity index (χ0) is 17.6. The largest absolute Gasteiger partial charge is 0.477 e. The molecular weight excluding hydrogens is 370 g/mol. The molecule has 1 aromatic rings. The van der Waals surface area contributed by atoms with Crippen LogP contribution < -0.4 is 0 Å². The van der Waals surface area contributed by atoms with Gasteiger partial charge in [-0.3, -0.25) is 4.79 Å². The lowest BCUT2D eigenvalue weighted by atomic mass is 9.79. The van der Waals surface area contributed by atoms with E-state index < -0.39 is 18.0 Å². The number of fused-ring (bicyclic) bond motifs is 1. The van der Waals surface area contributed by atoms with Gasteiger partial charge in [0.2, 0.25) is 5.91 Å². The zero-order valence-corrected chi connectivity index (χ0v) is 15.7. The van der Waals surface area contributed by atoms with E-state index in [0.29, 0.717) is 9.99 Å². The third kappa shape index (κ3) is 2.85. The molecule has 0 bridgehead atoms. The van der Waals surface area contributed by atoms with E-state index in [1.807, 2.05) is 13.8 Å². The molecule has 1 saturated heterocycles. The maximum Gasteiger partial charge on any atom is 0.353 e. The van der Waals surface area contributed by atoms with Crippen molar-refractivity contribution in [1.82, 2.24) is 15.1 Å². The fourth-order valence-corrected chi connectivity index (χ4v) is 6.61. The predicted octanol–water partition coefficient (Wildman–Crippen LogP) is 1.78. The fourth-order valence-electron chi connectivity index (χ4n) is 3.20. The van der Waals surface area contributed by atoms with Crippen LogP contribution in [-0.4, -0.2) is 54.4 Å².